The molecule has 0 fully saturated rings. The molecule has 0 bridgehead atoms. The van der Waals surface area contributed by atoms with Crippen molar-refractivity contribution >= 4 is 32.7 Å². The predicted octanol–water partition coefficient (Wildman–Crippen LogP) is 8.70. The lowest BCUT2D eigenvalue weighted by Gasteiger charge is -2.05. The molecule has 238 valence electrons. The van der Waals surface area contributed by atoms with Crippen LogP contribution in [0.5, 0.6) is 0 Å². The molecule has 7 heteroatoms. The Morgan fingerprint density at radius 1 is 0.667 bits per heavy atom. The fraction of sp³-hybridized carbons (Fsp3) is 0.0488. The van der Waals surface area contributed by atoms with E-state index in [0.29, 0.717) is 0 Å². The summed E-state index contributed by atoms with van der Waals surface area (Å²) in [6.07, 6.45) is 8.62. The van der Waals surface area contributed by atoms with Gasteiger partial charge in [0.25, 0.3) is 0 Å². The molecule has 0 aliphatic carbocycles. The number of aromatic amines is 2. The summed E-state index contributed by atoms with van der Waals surface area (Å²) in [7, 11) is -2.19. The van der Waals surface area contributed by atoms with Crippen molar-refractivity contribution in [3.05, 3.63) is 180 Å². The Balaban J connectivity index is 0.000000312. The molecule has 6 nitrogen and oxygen atoms in total. The maximum Gasteiger partial charge on any atom is 0.212 e. The highest BCUT2D eigenvalue weighted by atomic mass is 32.2. The van der Waals surface area contributed by atoms with Crippen molar-refractivity contribution in [2.24, 2.45) is 7.05 Å². The third-order valence-electron chi connectivity index (χ3n) is 8.04. The Labute approximate surface area is 281 Å². The lowest BCUT2D eigenvalue weighted by atomic mass is 10.1. The molecule has 3 heterocycles. The van der Waals surface area contributed by atoms with E-state index >= 15 is 0 Å². The molecule has 0 amide bonds. The van der Waals surface area contributed by atoms with Crippen LogP contribution in [0.3, 0.4) is 0 Å². The zero-order chi connectivity index (χ0) is 33.5. The van der Waals surface area contributed by atoms with E-state index in [4.69, 9.17) is 0 Å². The minimum atomic E-state index is -4.27. The number of hydrogen-bond acceptors (Lipinski definition) is 3. The highest BCUT2D eigenvalue weighted by molar-refractivity contribution is 7.85. The number of benzene rings is 4. The summed E-state index contributed by atoms with van der Waals surface area (Å²) in [5.74, 6) is 0. The Morgan fingerprint density at radius 2 is 1.21 bits per heavy atom. The molecule has 48 heavy (non-hydrogen) atoms. The number of aryl methyl sites for hydroxylation is 2. The minimum Gasteiger partial charge on any atom is -0.744 e. The summed E-state index contributed by atoms with van der Waals surface area (Å²) in [6, 6.07) is 45.9. The van der Waals surface area contributed by atoms with Gasteiger partial charge in [0.1, 0.15) is 17.2 Å². The van der Waals surface area contributed by atoms with Crippen LogP contribution in [0.4, 0.5) is 0 Å². The summed E-state index contributed by atoms with van der Waals surface area (Å²) in [5.41, 5.74) is 11.1. The lowest BCUT2D eigenvalue weighted by molar-refractivity contribution is -0.644. The number of nitrogens with one attached hydrogen (secondary N) is 2. The SMILES string of the molecule is C[n+]1ccc(/C=C/C=C(c2ccc(-c3ccccc3)[nH]2)c2ccc(-c3ccccc3)[nH]2)c2ccccc21.Cc1ccc(S(=O)(=O)[O-])cc1. The van der Waals surface area contributed by atoms with Gasteiger partial charge in [0.15, 0.2) is 6.20 Å². The second-order valence-corrected chi connectivity index (χ2v) is 12.8. The molecule has 0 spiro atoms. The molecule has 4 aromatic carbocycles. The van der Waals surface area contributed by atoms with Crippen LogP contribution in [0, 0.1) is 6.92 Å². The van der Waals surface area contributed by atoms with E-state index in [1.165, 1.54) is 39.7 Å². The number of para-hydroxylation sites is 1. The number of hydrogen-bond donors (Lipinski definition) is 2. The summed E-state index contributed by atoms with van der Waals surface area (Å²) >= 11 is 0. The number of nitrogens with zero attached hydrogens (tertiary/aromatic N) is 1. The number of aromatic nitrogens is 3. The van der Waals surface area contributed by atoms with Crippen LogP contribution in [0.15, 0.2) is 163 Å². The molecule has 0 atom stereocenters. The van der Waals surface area contributed by atoms with Gasteiger partial charge in [-0.3, -0.25) is 0 Å². The van der Waals surface area contributed by atoms with Crippen molar-refractivity contribution in [2.45, 2.75) is 11.8 Å². The van der Waals surface area contributed by atoms with E-state index in [9.17, 15) is 13.0 Å². The smallest absolute Gasteiger partial charge is 0.212 e. The quantitative estimate of drug-likeness (QED) is 0.103. The first-order chi connectivity index (χ1) is 23.3. The van der Waals surface area contributed by atoms with Gasteiger partial charge in [-0.2, -0.15) is 0 Å². The predicted molar refractivity (Wildman–Crippen MR) is 193 cm³/mol. The highest BCUT2D eigenvalue weighted by Crippen LogP contribution is 2.29. The summed E-state index contributed by atoms with van der Waals surface area (Å²) < 4.78 is 33.3. The molecule has 3 aromatic heterocycles. The standard InChI is InChI=1S/C34H27N3.C7H8O3S/c1-37-24-23-25(28-16-8-9-18-34(28)37)15-10-17-29(32-21-19-30(35-32)26-11-4-2-5-12-26)33-22-20-31(36-33)27-13-6-3-7-14-27;1-6-2-4-7(5-3-6)11(8,9)10/h2-24H,1H3,(H,35,36);2-5H,1H3,(H,8,9,10). The fourth-order valence-corrected chi connectivity index (χ4v) is 5.96. The molecule has 2 N–H and O–H groups in total. The molecule has 0 saturated heterocycles. The molecule has 0 radical (unpaired) electrons. The van der Waals surface area contributed by atoms with Gasteiger partial charge in [-0.05, 0) is 66.1 Å². The Kier molecular flexibility index (Phi) is 9.62. The third-order valence-corrected chi connectivity index (χ3v) is 8.89. The molecule has 0 unspecified atom stereocenters. The third kappa shape index (κ3) is 7.61. The molecule has 0 aliphatic rings. The molecule has 7 aromatic rings. The van der Waals surface area contributed by atoms with E-state index in [1.54, 1.807) is 12.1 Å². The van der Waals surface area contributed by atoms with Gasteiger partial charge in [-0.15, -0.1) is 0 Å². The summed E-state index contributed by atoms with van der Waals surface area (Å²) in [4.78, 5) is 7.10. The van der Waals surface area contributed by atoms with Gasteiger partial charge < -0.3 is 14.5 Å². The Bertz CT molecular complexity index is 2240. The average Bonchev–Trinajstić information content (AvgIpc) is 3.80. The maximum absolute atomic E-state index is 10.4. The number of H-pyrrole nitrogens is 2. The van der Waals surface area contributed by atoms with Crippen LogP contribution in [-0.2, 0) is 17.2 Å². The Hall–Kier alpha value is -5.76. The first-order valence-corrected chi connectivity index (χ1v) is 16.9. The maximum atomic E-state index is 10.4. The van der Waals surface area contributed by atoms with Crippen molar-refractivity contribution in [2.75, 3.05) is 0 Å². The highest BCUT2D eigenvalue weighted by Gasteiger charge is 2.12. The van der Waals surface area contributed by atoms with Crippen LogP contribution >= 0.6 is 0 Å². The molecular formula is C41H35N3O3S. The largest absolute Gasteiger partial charge is 0.744 e. The average molecular weight is 650 g/mol. The van der Waals surface area contributed by atoms with Gasteiger partial charge in [0.05, 0.1) is 10.3 Å². The number of rotatable bonds is 7. The Morgan fingerprint density at radius 3 is 1.77 bits per heavy atom. The zero-order valence-corrected chi connectivity index (χ0v) is 27.5. The van der Waals surface area contributed by atoms with Crippen molar-refractivity contribution < 1.29 is 17.5 Å². The van der Waals surface area contributed by atoms with Gasteiger partial charge in [0.2, 0.25) is 5.52 Å². The molecular weight excluding hydrogens is 615 g/mol. The number of fused-ring (bicyclic) bond motifs is 1. The van der Waals surface area contributed by atoms with E-state index in [2.05, 4.69) is 149 Å². The van der Waals surface area contributed by atoms with Crippen LogP contribution in [0.1, 0.15) is 22.5 Å². The van der Waals surface area contributed by atoms with Crippen molar-refractivity contribution in [1.29, 1.82) is 0 Å². The van der Waals surface area contributed by atoms with E-state index in [-0.39, 0.29) is 4.90 Å². The van der Waals surface area contributed by atoms with Crippen LogP contribution < -0.4 is 4.57 Å². The van der Waals surface area contributed by atoms with Crippen LogP contribution in [0.25, 0.3) is 45.1 Å². The van der Waals surface area contributed by atoms with Gasteiger partial charge in [-0.1, -0.05) is 109 Å². The number of pyridine rings is 1. The number of allylic oxidation sites excluding steroid dienone is 2. The minimum absolute atomic E-state index is 0.178. The van der Waals surface area contributed by atoms with E-state index < -0.39 is 10.1 Å². The van der Waals surface area contributed by atoms with Gasteiger partial charge in [0, 0.05) is 40.5 Å². The van der Waals surface area contributed by atoms with E-state index in [1.807, 2.05) is 19.1 Å². The van der Waals surface area contributed by atoms with Crippen molar-refractivity contribution in [3.8, 4) is 22.5 Å². The lowest BCUT2D eigenvalue weighted by Crippen LogP contribution is -2.28. The van der Waals surface area contributed by atoms with Gasteiger partial charge in [-0.25, -0.2) is 13.0 Å². The molecule has 0 aliphatic heterocycles. The second kappa shape index (κ2) is 14.3. The monoisotopic (exact) mass is 649 g/mol. The first kappa shape index (κ1) is 32.2. The van der Waals surface area contributed by atoms with E-state index in [0.717, 1.165) is 33.9 Å². The normalized spacial score (nSPS) is 11.3. The van der Waals surface area contributed by atoms with Gasteiger partial charge >= 0.3 is 0 Å². The van der Waals surface area contributed by atoms with Crippen LogP contribution in [-0.4, -0.2) is 22.9 Å². The van der Waals surface area contributed by atoms with Crippen molar-refractivity contribution in [1.82, 2.24) is 9.97 Å². The summed E-state index contributed by atoms with van der Waals surface area (Å²) in [6.45, 7) is 1.82. The van der Waals surface area contributed by atoms with Crippen molar-refractivity contribution in [3.63, 3.8) is 0 Å². The zero-order valence-electron chi connectivity index (χ0n) is 26.7. The summed E-state index contributed by atoms with van der Waals surface area (Å²) in [5, 5.41) is 1.23. The first-order valence-electron chi connectivity index (χ1n) is 15.5. The van der Waals surface area contributed by atoms with Crippen LogP contribution in [0.2, 0.25) is 0 Å². The molecule has 0 saturated carbocycles. The molecule has 7 rings (SSSR count). The second-order valence-electron chi connectivity index (χ2n) is 11.4. The topological polar surface area (TPSA) is 92.7 Å². The fourth-order valence-electron chi connectivity index (χ4n) is 5.49.